The first-order valence-corrected chi connectivity index (χ1v) is 11.9. The molecule has 0 unspecified atom stereocenters. The molecule has 0 atom stereocenters. The number of aromatic amines is 1. The Labute approximate surface area is 203 Å². The Balaban J connectivity index is 1.36. The maximum absolute atomic E-state index is 13.8. The second-order valence-electron chi connectivity index (χ2n) is 9.17. The van der Waals surface area contributed by atoms with E-state index in [1.165, 1.54) is 5.57 Å². The summed E-state index contributed by atoms with van der Waals surface area (Å²) in [6, 6.07) is 16.1. The Bertz CT molecular complexity index is 1580. The van der Waals surface area contributed by atoms with Crippen molar-refractivity contribution in [2.45, 2.75) is 26.3 Å². The minimum Gasteiger partial charge on any atom is -0.346 e. The van der Waals surface area contributed by atoms with Crippen molar-refractivity contribution in [3.05, 3.63) is 84.3 Å². The molecule has 1 amide bonds. The van der Waals surface area contributed by atoms with Crippen LogP contribution in [0.1, 0.15) is 42.2 Å². The van der Waals surface area contributed by atoms with Crippen LogP contribution in [0, 0.1) is 0 Å². The van der Waals surface area contributed by atoms with Gasteiger partial charge in [0, 0.05) is 48.0 Å². The second-order valence-corrected chi connectivity index (χ2v) is 9.17. The molecule has 1 N–H and O–H groups in total. The molecule has 1 aromatic carbocycles. The number of carbonyl (C=O) groups is 1. The number of fused-ring (bicyclic) bond motifs is 2. The van der Waals surface area contributed by atoms with Crippen LogP contribution in [0.4, 0.5) is 0 Å². The minimum absolute atomic E-state index is 0.00813. The predicted octanol–water partition coefficient (Wildman–Crippen LogP) is 5.49. The number of pyridine rings is 2. The molecule has 4 aromatic heterocycles. The van der Waals surface area contributed by atoms with Crippen LogP contribution in [0.5, 0.6) is 0 Å². The van der Waals surface area contributed by atoms with Gasteiger partial charge < -0.3 is 9.88 Å². The van der Waals surface area contributed by atoms with Gasteiger partial charge in [0.1, 0.15) is 5.65 Å². The molecule has 1 aliphatic heterocycles. The fraction of sp³-hybridized carbons (Fsp3) is 0.214. The van der Waals surface area contributed by atoms with Crippen LogP contribution < -0.4 is 0 Å². The van der Waals surface area contributed by atoms with Gasteiger partial charge in [0.05, 0.1) is 22.8 Å². The van der Waals surface area contributed by atoms with Crippen LogP contribution in [-0.4, -0.2) is 48.6 Å². The Hall–Kier alpha value is -4.26. The molecule has 0 radical (unpaired) electrons. The fourth-order valence-electron chi connectivity index (χ4n) is 4.82. The summed E-state index contributed by atoms with van der Waals surface area (Å²) in [4.78, 5) is 28.2. The Morgan fingerprint density at radius 3 is 2.71 bits per heavy atom. The quantitative estimate of drug-likeness (QED) is 0.383. The zero-order valence-electron chi connectivity index (χ0n) is 19.8. The van der Waals surface area contributed by atoms with E-state index in [0.29, 0.717) is 18.7 Å². The highest BCUT2D eigenvalue weighted by molar-refractivity contribution is 6.07. The maximum Gasteiger partial charge on any atom is 0.255 e. The summed E-state index contributed by atoms with van der Waals surface area (Å²) in [6.45, 7) is 5.36. The smallest absolute Gasteiger partial charge is 0.255 e. The van der Waals surface area contributed by atoms with E-state index in [2.05, 4.69) is 41.1 Å². The van der Waals surface area contributed by atoms with E-state index >= 15 is 0 Å². The van der Waals surface area contributed by atoms with Crippen molar-refractivity contribution in [1.82, 2.24) is 29.6 Å². The molecule has 5 aromatic rings. The van der Waals surface area contributed by atoms with E-state index in [4.69, 9.17) is 4.98 Å². The minimum atomic E-state index is 0.00813. The summed E-state index contributed by atoms with van der Waals surface area (Å²) in [7, 11) is 0. The molecule has 0 bridgehead atoms. The Morgan fingerprint density at radius 1 is 1.09 bits per heavy atom. The first-order valence-electron chi connectivity index (χ1n) is 11.9. The molecule has 174 valence electrons. The van der Waals surface area contributed by atoms with Crippen molar-refractivity contribution >= 4 is 33.5 Å². The average molecular weight is 463 g/mol. The van der Waals surface area contributed by atoms with Crippen LogP contribution in [0.2, 0.25) is 0 Å². The van der Waals surface area contributed by atoms with Crippen molar-refractivity contribution in [2.75, 3.05) is 13.1 Å². The molecule has 0 spiro atoms. The number of rotatable bonds is 4. The molecule has 5 heterocycles. The van der Waals surface area contributed by atoms with Gasteiger partial charge in [-0.15, -0.1) is 0 Å². The predicted molar refractivity (Wildman–Crippen MR) is 138 cm³/mol. The summed E-state index contributed by atoms with van der Waals surface area (Å²) in [5, 5.41) is 6.46. The largest absolute Gasteiger partial charge is 0.346 e. The summed E-state index contributed by atoms with van der Waals surface area (Å²) < 4.78 is 1.89. The number of carbonyl (C=O) groups excluding carboxylic acids is 1. The van der Waals surface area contributed by atoms with E-state index in [1.807, 2.05) is 58.2 Å². The zero-order chi connectivity index (χ0) is 23.9. The summed E-state index contributed by atoms with van der Waals surface area (Å²) in [5.41, 5.74) is 6.44. The number of nitrogens with one attached hydrogen (secondary N) is 1. The Morgan fingerprint density at radius 2 is 1.94 bits per heavy atom. The van der Waals surface area contributed by atoms with Gasteiger partial charge in [-0.05, 0) is 44.0 Å². The number of amides is 1. The molecule has 0 saturated heterocycles. The molecule has 35 heavy (non-hydrogen) atoms. The van der Waals surface area contributed by atoms with E-state index < -0.39 is 0 Å². The zero-order valence-corrected chi connectivity index (χ0v) is 19.8. The molecule has 7 heteroatoms. The molecular weight excluding hydrogens is 436 g/mol. The van der Waals surface area contributed by atoms with Crippen molar-refractivity contribution in [3.63, 3.8) is 0 Å². The van der Waals surface area contributed by atoms with Crippen LogP contribution in [0.25, 0.3) is 38.9 Å². The molecule has 1 aliphatic rings. The number of aromatic nitrogens is 5. The highest BCUT2D eigenvalue weighted by atomic mass is 16.2. The lowest BCUT2D eigenvalue weighted by atomic mass is 9.98. The van der Waals surface area contributed by atoms with Gasteiger partial charge in [-0.2, -0.15) is 5.10 Å². The van der Waals surface area contributed by atoms with Crippen molar-refractivity contribution < 1.29 is 4.79 Å². The number of hydrogen-bond acceptors (Lipinski definition) is 4. The third kappa shape index (κ3) is 3.69. The van der Waals surface area contributed by atoms with Crippen molar-refractivity contribution in [3.8, 4) is 11.3 Å². The third-order valence-corrected chi connectivity index (χ3v) is 6.65. The number of hydrogen-bond donors (Lipinski definition) is 1. The van der Waals surface area contributed by atoms with Crippen molar-refractivity contribution in [2.24, 2.45) is 0 Å². The topological polar surface area (TPSA) is 79.7 Å². The number of H-pyrrole nitrogens is 1. The molecule has 6 rings (SSSR count). The summed E-state index contributed by atoms with van der Waals surface area (Å²) in [5.74, 6) is 0.00813. The van der Waals surface area contributed by atoms with Gasteiger partial charge in [0.15, 0.2) is 5.65 Å². The van der Waals surface area contributed by atoms with Crippen LogP contribution >= 0.6 is 0 Å². The first-order chi connectivity index (χ1) is 17.1. The van der Waals surface area contributed by atoms with Crippen molar-refractivity contribution in [1.29, 1.82) is 0 Å². The van der Waals surface area contributed by atoms with Gasteiger partial charge in [-0.1, -0.05) is 36.4 Å². The second kappa shape index (κ2) is 8.51. The molecule has 7 nitrogen and oxygen atoms in total. The number of nitrogens with zero attached hydrogens (tertiary/aromatic N) is 5. The lowest BCUT2D eigenvalue weighted by Gasteiger charge is -2.27. The lowest BCUT2D eigenvalue weighted by Crippen LogP contribution is -2.34. The van der Waals surface area contributed by atoms with E-state index in [1.54, 1.807) is 12.4 Å². The monoisotopic (exact) mass is 462 g/mol. The third-order valence-electron chi connectivity index (χ3n) is 6.65. The normalized spacial score (nSPS) is 14.1. The average Bonchev–Trinajstić information content (AvgIpc) is 3.53. The summed E-state index contributed by atoms with van der Waals surface area (Å²) >= 11 is 0. The molecule has 0 aliphatic carbocycles. The Kier molecular flexibility index (Phi) is 5.17. The van der Waals surface area contributed by atoms with E-state index in [-0.39, 0.29) is 11.9 Å². The SMILES string of the molecule is CC(C)n1ncc2c(C(=O)N3CC=C(c4c[nH]c5ncccc45)CC3)cc(-c3ccccc3)nc21. The summed E-state index contributed by atoms with van der Waals surface area (Å²) in [6.07, 6.45) is 8.52. The fourth-order valence-corrected chi connectivity index (χ4v) is 4.82. The van der Waals surface area contributed by atoms with E-state index in [9.17, 15) is 4.79 Å². The maximum atomic E-state index is 13.8. The lowest BCUT2D eigenvalue weighted by molar-refractivity contribution is 0.0775. The highest BCUT2D eigenvalue weighted by Crippen LogP contribution is 2.31. The molecule has 0 saturated carbocycles. The first kappa shape index (κ1) is 21.3. The van der Waals surface area contributed by atoms with Crippen LogP contribution in [0.15, 0.2) is 73.2 Å². The molecular formula is C28H26N6O. The van der Waals surface area contributed by atoms with Gasteiger partial charge in [-0.3, -0.25) is 4.79 Å². The highest BCUT2D eigenvalue weighted by Gasteiger charge is 2.25. The molecule has 0 fully saturated rings. The number of benzene rings is 1. The van der Waals surface area contributed by atoms with E-state index in [0.717, 1.165) is 45.3 Å². The van der Waals surface area contributed by atoms with Gasteiger partial charge in [0.2, 0.25) is 0 Å². The van der Waals surface area contributed by atoms with Crippen LogP contribution in [-0.2, 0) is 0 Å². The van der Waals surface area contributed by atoms with Gasteiger partial charge in [0.25, 0.3) is 5.91 Å². The standard InChI is InChI=1S/C28H26N6O/c1-18(2)34-27-24(17-31-34)22(15-25(32-27)20-7-4-3-5-8-20)28(35)33-13-10-19(11-14-33)23-16-30-26-21(23)9-6-12-29-26/h3-10,12,15-18H,11,13-14H2,1-2H3,(H,29,30). The van der Waals surface area contributed by atoms with Gasteiger partial charge in [-0.25, -0.2) is 14.6 Å². The van der Waals surface area contributed by atoms with Crippen LogP contribution in [0.3, 0.4) is 0 Å². The van der Waals surface area contributed by atoms with Gasteiger partial charge >= 0.3 is 0 Å².